The smallest absolute Gasteiger partial charge is 0.245 e. The zero-order valence-corrected chi connectivity index (χ0v) is 11.4. The lowest BCUT2D eigenvalue weighted by atomic mass is 9.83. The third-order valence-corrected chi connectivity index (χ3v) is 4.41. The Bertz CT molecular complexity index is 330. The fraction of sp³-hybridized carbons (Fsp3) is 0.857. The second-order valence-electron chi connectivity index (χ2n) is 5.59. The van der Waals surface area contributed by atoms with Gasteiger partial charge in [0.05, 0.1) is 6.54 Å². The molecule has 0 aromatic carbocycles. The van der Waals surface area contributed by atoms with Crippen LogP contribution in [0, 0.1) is 5.92 Å². The Morgan fingerprint density at radius 1 is 1.22 bits per heavy atom. The second-order valence-corrected chi connectivity index (χ2v) is 5.59. The second kappa shape index (κ2) is 5.72. The summed E-state index contributed by atoms with van der Waals surface area (Å²) in [4.78, 5) is 25.8. The summed E-state index contributed by atoms with van der Waals surface area (Å²) < 4.78 is 0. The van der Waals surface area contributed by atoms with Crippen LogP contribution >= 0.6 is 0 Å². The van der Waals surface area contributed by atoms with Crippen LogP contribution in [0.3, 0.4) is 0 Å². The van der Waals surface area contributed by atoms with E-state index in [2.05, 4.69) is 12.2 Å². The molecule has 1 aliphatic heterocycles. The maximum Gasteiger partial charge on any atom is 0.245 e. The molecule has 4 heteroatoms. The summed E-state index contributed by atoms with van der Waals surface area (Å²) in [5.41, 5.74) is 0. The molecule has 1 aliphatic carbocycles. The van der Waals surface area contributed by atoms with Crippen LogP contribution < -0.4 is 5.32 Å². The van der Waals surface area contributed by atoms with Crippen molar-refractivity contribution < 1.29 is 9.59 Å². The molecule has 4 nitrogen and oxygen atoms in total. The van der Waals surface area contributed by atoms with Crippen molar-refractivity contribution in [3.05, 3.63) is 0 Å². The number of carbonyl (C=O) groups is 2. The molecule has 3 atom stereocenters. The molecular formula is C14H24N2O2. The number of amides is 2. The molecule has 1 saturated heterocycles. The number of hydrogen-bond donors (Lipinski definition) is 1. The van der Waals surface area contributed by atoms with Gasteiger partial charge in [0.1, 0.15) is 6.04 Å². The fourth-order valence-corrected chi connectivity index (χ4v) is 3.24. The molecule has 1 N–H and O–H groups in total. The van der Waals surface area contributed by atoms with Gasteiger partial charge in [0.25, 0.3) is 0 Å². The predicted molar refractivity (Wildman–Crippen MR) is 70.0 cm³/mol. The summed E-state index contributed by atoms with van der Waals surface area (Å²) in [5.74, 6) is 0.848. The minimum absolute atomic E-state index is 0.0000666. The number of rotatable bonds is 3. The van der Waals surface area contributed by atoms with E-state index >= 15 is 0 Å². The van der Waals surface area contributed by atoms with Crippen LogP contribution in [0.15, 0.2) is 0 Å². The topological polar surface area (TPSA) is 49.4 Å². The molecule has 3 unspecified atom stereocenters. The molecular weight excluding hydrogens is 228 g/mol. The van der Waals surface area contributed by atoms with Gasteiger partial charge in [-0.1, -0.05) is 33.1 Å². The van der Waals surface area contributed by atoms with E-state index in [-0.39, 0.29) is 30.4 Å². The average Bonchev–Trinajstić information content (AvgIpc) is 2.41. The summed E-state index contributed by atoms with van der Waals surface area (Å²) in [5, 5.41) is 2.78. The lowest BCUT2D eigenvalue weighted by Gasteiger charge is -2.41. The SMILES string of the molecule is CCC1CCCC(N2CC(=O)NC(CC)C2=O)C1. The van der Waals surface area contributed by atoms with E-state index in [1.54, 1.807) is 0 Å². The van der Waals surface area contributed by atoms with Crippen molar-refractivity contribution in [2.24, 2.45) is 5.92 Å². The number of nitrogens with one attached hydrogen (secondary N) is 1. The Kier molecular flexibility index (Phi) is 4.25. The van der Waals surface area contributed by atoms with Crippen LogP contribution in [-0.4, -0.2) is 35.3 Å². The third kappa shape index (κ3) is 2.68. The number of piperazine rings is 1. The van der Waals surface area contributed by atoms with Crippen LogP contribution in [-0.2, 0) is 9.59 Å². The van der Waals surface area contributed by atoms with E-state index in [9.17, 15) is 9.59 Å². The Labute approximate surface area is 109 Å². The van der Waals surface area contributed by atoms with Crippen LogP contribution in [0.1, 0.15) is 52.4 Å². The molecule has 0 aromatic heterocycles. The molecule has 2 aliphatic rings. The van der Waals surface area contributed by atoms with Gasteiger partial charge in [-0.05, 0) is 25.2 Å². The zero-order chi connectivity index (χ0) is 13.1. The first-order chi connectivity index (χ1) is 8.65. The third-order valence-electron chi connectivity index (χ3n) is 4.41. The summed E-state index contributed by atoms with van der Waals surface area (Å²) in [6.45, 7) is 4.42. The number of hydrogen-bond acceptors (Lipinski definition) is 2. The molecule has 0 aromatic rings. The Morgan fingerprint density at radius 3 is 2.67 bits per heavy atom. The van der Waals surface area contributed by atoms with Crippen molar-refractivity contribution in [2.45, 2.75) is 64.5 Å². The fourth-order valence-electron chi connectivity index (χ4n) is 3.24. The lowest BCUT2D eigenvalue weighted by molar-refractivity contribution is -0.147. The van der Waals surface area contributed by atoms with Crippen molar-refractivity contribution in [1.29, 1.82) is 0 Å². The molecule has 0 spiro atoms. The van der Waals surface area contributed by atoms with E-state index in [1.165, 1.54) is 19.3 Å². The van der Waals surface area contributed by atoms with Crippen molar-refractivity contribution >= 4 is 11.8 Å². The predicted octanol–water partition coefficient (Wildman–Crippen LogP) is 1.69. The summed E-state index contributed by atoms with van der Waals surface area (Å²) >= 11 is 0. The summed E-state index contributed by atoms with van der Waals surface area (Å²) in [7, 11) is 0. The van der Waals surface area contributed by atoms with Gasteiger partial charge >= 0.3 is 0 Å². The van der Waals surface area contributed by atoms with E-state index in [4.69, 9.17) is 0 Å². The highest BCUT2D eigenvalue weighted by Gasteiger charge is 2.37. The largest absolute Gasteiger partial charge is 0.343 e. The maximum absolute atomic E-state index is 12.3. The normalized spacial score (nSPS) is 33.4. The van der Waals surface area contributed by atoms with Gasteiger partial charge in [0, 0.05) is 6.04 Å². The highest BCUT2D eigenvalue weighted by atomic mass is 16.2. The molecule has 18 heavy (non-hydrogen) atoms. The highest BCUT2D eigenvalue weighted by Crippen LogP contribution is 2.30. The first-order valence-electron chi connectivity index (χ1n) is 7.25. The van der Waals surface area contributed by atoms with Crippen LogP contribution in [0.25, 0.3) is 0 Å². The highest BCUT2D eigenvalue weighted by molar-refractivity contribution is 5.94. The van der Waals surface area contributed by atoms with E-state index in [0.29, 0.717) is 6.42 Å². The molecule has 2 fully saturated rings. The van der Waals surface area contributed by atoms with Crippen molar-refractivity contribution in [1.82, 2.24) is 10.2 Å². The van der Waals surface area contributed by atoms with Crippen molar-refractivity contribution in [2.75, 3.05) is 6.54 Å². The molecule has 0 radical (unpaired) electrons. The summed E-state index contributed by atoms with van der Waals surface area (Å²) in [6.07, 6.45) is 6.47. The minimum atomic E-state index is -0.298. The van der Waals surface area contributed by atoms with Gasteiger partial charge in [-0.2, -0.15) is 0 Å². The van der Waals surface area contributed by atoms with E-state index < -0.39 is 0 Å². The Balaban J connectivity index is 2.05. The number of nitrogens with zero attached hydrogens (tertiary/aromatic N) is 1. The van der Waals surface area contributed by atoms with Gasteiger partial charge in [-0.25, -0.2) is 0 Å². The first kappa shape index (κ1) is 13.4. The Morgan fingerprint density at radius 2 is 2.00 bits per heavy atom. The molecule has 1 saturated carbocycles. The first-order valence-corrected chi connectivity index (χ1v) is 7.25. The quantitative estimate of drug-likeness (QED) is 0.831. The van der Waals surface area contributed by atoms with Crippen LogP contribution in [0.5, 0.6) is 0 Å². The van der Waals surface area contributed by atoms with Gasteiger partial charge in [-0.3, -0.25) is 9.59 Å². The van der Waals surface area contributed by atoms with Crippen molar-refractivity contribution in [3.8, 4) is 0 Å². The van der Waals surface area contributed by atoms with Crippen LogP contribution in [0.4, 0.5) is 0 Å². The average molecular weight is 252 g/mol. The summed E-state index contributed by atoms with van der Waals surface area (Å²) in [6, 6.07) is -0.00967. The molecule has 2 rings (SSSR count). The van der Waals surface area contributed by atoms with Crippen LogP contribution in [0.2, 0.25) is 0 Å². The molecule has 1 heterocycles. The van der Waals surface area contributed by atoms with Gasteiger partial charge in [-0.15, -0.1) is 0 Å². The monoisotopic (exact) mass is 252 g/mol. The van der Waals surface area contributed by atoms with Crippen molar-refractivity contribution in [3.63, 3.8) is 0 Å². The van der Waals surface area contributed by atoms with Gasteiger partial charge in [0.2, 0.25) is 11.8 Å². The maximum atomic E-state index is 12.3. The molecule has 2 amide bonds. The zero-order valence-electron chi connectivity index (χ0n) is 11.4. The molecule has 102 valence electrons. The minimum Gasteiger partial charge on any atom is -0.343 e. The standard InChI is InChI=1S/C14H24N2O2/c1-3-10-6-5-7-11(8-10)16-9-13(17)15-12(4-2)14(16)18/h10-12H,3-9H2,1-2H3,(H,15,17). The molecule has 0 bridgehead atoms. The van der Waals surface area contributed by atoms with E-state index in [0.717, 1.165) is 18.8 Å². The van der Waals surface area contributed by atoms with Gasteiger partial charge in [0.15, 0.2) is 0 Å². The lowest BCUT2D eigenvalue weighted by Crippen LogP contribution is -2.60. The van der Waals surface area contributed by atoms with Gasteiger partial charge < -0.3 is 10.2 Å². The Hall–Kier alpha value is -1.06. The number of carbonyl (C=O) groups excluding carboxylic acids is 2. The van der Waals surface area contributed by atoms with E-state index in [1.807, 2.05) is 11.8 Å².